The van der Waals surface area contributed by atoms with Crippen LogP contribution in [0.25, 0.3) is 0 Å². The van der Waals surface area contributed by atoms with Crippen LogP contribution in [0.15, 0.2) is 59.0 Å². The molecule has 1 N–H and O–H groups in total. The van der Waals surface area contributed by atoms with Gasteiger partial charge in [-0.1, -0.05) is 18.2 Å². The number of hydrogen-bond donors (Lipinski definition) is 1. The number of thiophene rings is 1. The summed E-state index contributed by atoms with van der Waals surface area (Å²) in [6.07, 6.45) is 1.46. The molecule has 0 aliphatic carbocycles. The zero-order chi connectivity index (χ0) is 22.2. The molecule has 0 saturated heterocycles. The van der Waals surface area contributed by atoms with E-state index < -0.39 is 5.97 Å². The van der Waals surface area contributed by atoms with Crippen LogP contribution in [0.5, 0.6) is 17.2 Å². The van der Waals surface area contributed by atoms with Crippen LogP contribution in [-0.2, 0) is 4.79 Å². The van der Waals surface area contributed by atoms with E-state index in [1.54, 1.807) is 35.7 Å². The molecule has 0 fully saturated rings. The van der Waals surface area contributed by atoms with Gasteiger partial charge in [-0.05, 0) is 66.2 Å². The number of ether oxygens (including phenoxy) is 3. The normalized spacial score (nSPS) is 10.7. The number of aryl methyl sites for hydroxylation is 1. The lowest BCUT2D eigenvalue weighted by Gasteiger charge is -2.10. The third-order valence-corrected chi connectivity index (χ3v) is 5.28. The number of rotatable bonds is 8. The highest BCUT2D eigenvalue weighted by Gasteiger charge is 2.13. The van der Waals surface area contributed by atoms with Crippen molar-refractivity contribution in [2.24, 2.45) is 5.10 Å². The molecule has 7 nitrogen and oxygen atoms in total. The maximum absolute atomic E-state index is 12.1. The summed E-state index contributed by atoms with van der Waals surface area (Å²) in [5.74, 6) is 0.496. The Hall–Kier alpha value is -3.65. The van der Waals surface area contributed by atoms with Gasteiger partial charge >= 0.3 is 5.97 Å². The van der Waals surface area contributed by atoms with Crippen molar-refractivity contribution >= 4 is 29.4 Å². The minimum atomic E-state index is -0.453. The fourth-order valence-corrected chi connectivity index (χ4v) is 3.23. The van der Waals surface area contributed by atoms with Crippen molar-refractivity contribution in [1.82, 2.24) is 5.43 Å². The zero-order valence-corrected chi connectivity index (χ0v) is 18.2. The van der Waals surface area contributed by atoms with E-state index in [1.165, 1.54) is 24.7 Å². The van der Waals surface area contributed by atoms with E-state index in [0.717, 1.165) is 11.1 Å². The highest BCUT2D eigenvalue weighted by Crippen LogP contribution is 2.29. The van der Waals surface area contributed by atoms with E-state index in [-0.39, 0.29) is 12.5 Å². The first kappa shape index (κ1) is 22.0. The van der Waals surface area contributed by atoms with Crippen LogP contribution < -0.4 is 19.6 Å². The monoisotopic (exact) mass is 438 g/mol. The molecule has 160 valence electrons. The summed E-state index contributed by atoms with van der Waals surface area (Å²) >= 11 is 1.30. The lowest BCUT2D eigenvalue weighted by molar-refractivity contribution is -0.123. The Bertz CT molecular complexity index is 1090. The summed E-state index contributed by atoms with van der Waals surface area (Å²) < 4.78 is 16.2. The average Bonchev–Trinajstić information content (AvgIpc) is 3.31. The molecule has 2 aromatic carbocycles. The molecule has 8 heteroatoms. The van der Waals surface area contributed by atoms with Gasteiger partial charge in [0, 0.05) is 0 Å². The summed E-state index contributed by atoms with van der Waals surface area (Å²) in [5.41, 5.74) is 5.16. The van der Waals surface area contributed by atoms with Crippen molar-refractivity contribution in [2.45, 2.75) is 13.8 Å². The quantitative estimate of drug-likeness (QED) is 0.247. The minimum absolute atomic E-state index is 0.150. The predicted octanol–water partition coefficient (Wildman–Crippen LogP) is 4.12. The van der Waals surface area contributed by atoms with Gasteiger partial charge in [0.15, 0.2) is 18.1 Å². The van der Waals surface area contributed by atoms with Crippen LogP contribution in [0, 0.1) is 13.8 Å². The minimum Gasteiger partial charge on any atom is -0.493 e. The third kappa shape index (κ3) is 5.93. The van der Waals surface area contributed by atoms with Crippen molar-refractivity contribution in [3.8, 4) is 17.2 Å². The Morgan fingerprint density at radius 2 is 1.90 bits per heavy atom. The molecule has 3 rings (SSSR count). The number of esters is 1. The van der Waals surface area contributed by atoms with Gasteiger partial charge < -0.3 is 14.2 Å². The standard InChI is InChI=1S/C23H22N2O5S/c1-15-6-4-7-18(16(15)2)29-14-22(26)25-24-13-17-9-10-19(20(12-17)28-3)30-23(27)21-8-5-11-31-21/h4-13H,14H2,1-3H3,(H,25,26)/b24-13-. The maximum Gasteiger partial charge on any atom is 0.353 e. The Morgan fingerprint density at radius 3 is 2.65 bits per heavy atom. The predicted molar refractivity (Wildman–Crippen MR) is 119 cm³/mol. The second kappa shape index (κ2) is 10.4. The lowest BCUT2D eigenvalue weighted by Crippen LogP contribution is -2.24. The summed E-state index contributed by atoms with van der Waals surface area (Å²) in [7, 11) is 1.48. The Kier molecular flexibility index (Phi) is 7.40. The summed E-state index contributed by atoms with van der Waals surface area (Å²) in [6.45, 7) is 3.77. The molecular formula is C23H22N2O5S. The summed E-state index contributed by atoms with van der Waals surface area (Å²) in [5, 5.41) is 5.73. The van der Waals surface area contributed by atoms with Gasteiger partial charge in [0.2, 0.25) is 0 Å². The molecule has 0 bridgehead atoms. The first-order chi connectivity index (χ1) is 15.0. The maximum atomic E-state index is 12.1. The van der Waals surface area contributed by atoms with Gasteiger partial charge in [0.05, 0.1) is 13.3 Å². The van der Waals surface area contributed by atoms with Gasteiger partial charge in [0.25, 0.3) is 5.91 Å². The zero-order valence-electron chi connectivity index (χ0n) is 17.4. The molecule has 0 saturated carbocycles. The van der Waals surface area contributed by atoms with Gasteiger partial charge in [-0.15, -0.1) is 11.3 Å². The van der Waals surface area contributed by atoms with Gasteiger partial charge in [-0.3, -0.25) is 4.79 Å². The first-order valence-electron chi connectivity index (χ1n) is 9.42. The molecular weight excluding hydrogens is 416 g/mol. The number of amides is 1. The number of hydrazone groups is 1. The first-order valence-corrected chi connectivity index (χ1v) is 10.3. The van der Waals surface area contributed by atoms with E-state index in [9.17, 15) is 9.59 Å². The van der Waals surface area contributed by atoms with E-state index >= 15 is 0 Å². The van der Waals surface area contributed by atoms with Gasteiger partial charge in [0.1, 0.15) is 10.6 Å². The largest absolute Gasteiger partial charge is 0.493 e. The van der Waals surface area contributed by atoms with Gasteiger partial charge in [-0.2, -0.15) is 5.10 Å². The van der Waals surface area contributed by atoms with Crippen molar-refractivity contribution in [1.29, 1.82) is 0 Å². The molecule has 0 atom stereocenters. The van der Waals surface area contributed by atoms with Crippen molar-refractivity contribution < 1.29 is 23.8 Å². The number of methoxy groups -OCH3 is 1. The average molecular weight is 439 g/mol. The summed E-state index contributed by atoms with van der Waals surface area (Å²) in [4.78, 5) is 24.6. The molecule has 1 aromatic heterocycles. The Balaban J connectivity index is 1.56. The van der Waals surface area contributed by atoms with Crippen molar-refractivity contribution in [3.05, 3.63) is 75.5 Å². The lowest BCUT2D eigenvalue weighted by atomic mass is 10.1. The van der Waals surface area contributed by atoms with Crippen LogP contribution in [-0.4, -0.2) is 31.8 Å². The van der Waals surface area contributed by atoms with Crippen LogP contribution in [0.4, 0.5) is 0 Å². The van der Waals surface area contributed by atoms with Crippen molar-refractivity contribution in [2.75, 3.05) is 13.7 Å². The molecule has 3 aromatic rings. The smallest absolute Gasteiger partial charge is 0.353 e. The SMILES string of the molecule is COc1cc(/C=N\NC(=O)COc2cccc(C)c2C)ccc1OC(=O)c1cccs1. The Morgan fingerprint density at radius 1 is 1.06 bits per heavy atom. The van der Waals surface area contributed by atoms with E-state index in [2.05, 4.69) is 10.5 Å². The summed E-state index contributed by atoms with van der Waals surface area (Å²) in [6, 6.07) is 14.1. The molecule has 0 aliphatic heterocycles. The van der Waals surface area contributed by atoms with Crippen LogP contribution in [0.1, 0.15) is 26.4 Å². The van der Waals surface area contributed by atoms with Crippen molar-refractivity contribution in [3.63, 3.8) is 0 Å². The van der Waals surface area contributed by atoms with E-state index in [4.69, 9.17) is 14.2 Å². The molecule has 31 heavy (non-hydrogen) atoms. The number of nitrogens with one attached hydrogen (secondary N) is 1. The van der Waals surface area contributed by atoms with Crippen LogP contribution in [0.3, 0.4) is 0 Å². The fourth-order valence-electron chi connectivity index (χ4n) is 2.63. The topological polar surface area (TPSA) is 86.2 Å². The molecule has 0 spiro atoms. The van der Waals surface area contributed by atoms with E-state index in [0.29, 0.717) is 27.7 Å². The number of carbonyl (C=O) groups is 2. The fraction of sp³-hybridized carbons (Fsp3) is 0.174. The molecule has 0 unspecified atom stereocenters. The number of hydrogen-bond acceptors (Lipinski definition) is 7. The number of benzene rings is 2. The molecule has 0 aliphatic rings. The number of nitrogens with zero attached hydrogens (tertiary/aromatic N) is 1. The molecule has 1 amide bonds. The Labute approximate surface area is 184 Å². The van der Waals surface area contributed by atoms with Crippen LogP contribution in [0.2, 0.25) is 0 Å². The number of carbonyl (C=O) groups excluding carboxylic acids is 2. The third-order valence-electron chi connectivity index (χ3n) is 4.43. The van der Waals surface area contributed by atoms with Crippen LogP contribution >= 0.6 is 11.3 Å². The highest BCUT2D eigenvalue weighted by atomic mass is 32.1. The van der Waals surface area contributed by atoms with Gasteiger partial charge in [-0.25, -0.2) is 10.2 Å². The second-order valence-electron chi connectivity index (χ2n) is 6.56. The highest BCUT2D eigenvalue weighted by molar-refractivity contribution is 7.12. The second-order valence-corrected chi connectivity index (χ2v) is 7.50. The molecule has 1 heterocycles. The molecule has 0 radical (unpaired) electrons. The van der Waals surface area contributed by atoms with E-state index in [1.807, 2.05) is 32.0 Å².